The molecule has 0 spiro atoms. The molecule has 0 aromatic heterocycles. The summed E-state index contributed by atoms with van der Waals surface area (Å²) < 4.78 is 29.6. The van der Waals surface area contributed by atoms with Gasteiger partial charge in [0.1, 0.15) is 36.4 Å². The average Bonchev–Trinajstić information content (AvgIpc) is 4.23. The molecule has 29 nitrogen and oxygen atoms in total. The van der Waals surface area contributed by atoms with E-state index in [0.29, 0.717) is 32.4 Å². The van der Waals surface area contributed by atoms with E-state index in [0.717, 1.165) is 18.1 Å². The molecule has 10 N–H and O–H groups in total. The predicted molar refractivity (Wildman–Crippen MR) is 301 cm³/mol. The first kappa shape index (κ1) is 82.7. The number of likely N-dealkylation sites (tertiary alicyclic amines) is 4. The Balaban J connectivity index is -0.000000493. The van der Waals surface area contributed by atoms with E-state index in [-0.39, 0.29) is 140 Å². The molecule has 0 aromatic rings. The number of esters is 2. The van der Waals surface area contributed by atoms with Crippen molar-refractivity contribution in [3.05, 3.63) is 0 Å². The topological polar surface area (TPSA) is 402 Å². The number of amides is 7. The molecule has 7 atom stereocenters. The van der Waals surface area contributed by atoms with Gasteiger partial charge in [-0.15, -0.1) is 12.4 Å². The molecule has 7 amide bonds. The molecule has 32 heteroatoms. The molecule has 476 valence electrons. The number of aliphatic hydroxyl groups excluding tert-OH is 5. The van der Waals surface area contributed by atoms with Crippen molar-refractivity contribution in [3.8, 4) is 0 Å². The van der Waals surface area contributed by atoms with Crippen LogP contribution in [-0.4, -0.2) is 273 Å². The second-order valence-corrected chi connectivity index (χ2v) is 21.6. The summed E-state index contributed by atoms with van der Waals surface area (Å²) in [6.07, 6.45) is -0.483. The molecule has 83 heavy (non-hydrogen) atoms. The number of carbonyl (C=O) groups excluding carboxylic acids is 10. The monoisotopic (exact) mass is 1220 g/mol. The van der Waals surface area contributed by atoms with Crippen molar-refractivity contribution in [1.82, 2.24) is 35.6 Å². The van der Waals surface area contributed by atoms with Gasteiger partial charge in [0.2, 0.25) is 23.6 Å². The molecule has 0 aliphatic carbocycles. The minimum atomic E-state index is -1.21. The zero-order chi connectivity index (χ0) is 61.1. The summed E-state index contributed by atoms with van der Waals surface area (Å²) in [4.78, 5) is 122. The Bertz CT molecular complexity index is 2050. The molecular weight excluding hydrogens is 1130 g/mol. The second-order valence-electron chi connectivity index (χ2n) is 21.6. The van der Waals surface area contributed by atoms with Crippen molar-refractivity contribution in [3.63, 3.8) is 0 Å². The SMILES string of the molecule is C1CCOC1.CC(C)(C)OC(=O)NCC(=O)N1CC[C@H](O)[C@@H]1CO.CCOC(=O)C1C(=O)CCN1C(=O)CNC(=O)OC(C)(C)C.CCOC(=O)[C@H]1[C@@H](O)CCN1C(=O)CNC(=O)OC(C)(C)C.Cl.NCC(=O)N1CC[C@H](O)[C@@H]1CO.[AlH3].[H-].[Li+]. The molecule has 0 radical (unpaired) electrons. The number of Topliss-reactive ketones (excluding diaryl/α,β-unsaturated/α-hetero) is 1. The van der Waals surface area contributed by atoms with Gasteiger partial charge in [-0.1, -0.05) is 0 Å². The smallest absolute Gasteiger partial charge is 1.00 e. The van der Waals surface area contributed by atoms with Crippen LogP contribution in [0.15, 0.2) is 0 Å². The van der Waals surface area contributed by atoms with E-state index in [4.69, 9.17) is 44.4 Å². The van der Waals surface area contributed by atoms with E-state index in [9.17, 15) is 63.3 Å². The van der Waals surface area contributed by atoms with E-state index in [1.807, 2.05) is 0 Å². The number of carbonyl (C=O) groups is 10. The Morgan fingerprint density at radius 1 is 0.578 bits per heavy atom. The number of hydrogen-bond acceptors (Lipinski definition) is 22. The van der Waals surface area contributed by atoms with Crippen LogP contribution in [0.3, 0.4) is 0 Å². The third kappa shape index (κ3) is 31.4. The van der Waals surface area contributed by atoms with Gasteiger partial charge < -0.3 is 96.7 Å². The van der Waals surface area contributed by atoms with Crippen molar-refractivity contribution in [2.24, 2.45) is 5.73 Å². The van der Waals surface area contributed by atoms with Crippen molar-refractivity contribution in [2.75, 3.05) is 92.0 Å². The minimum absolute atomic E-state index is 0. The van der Waals surface area contributed by atoms with E-state index >= 15 is 0 Å². The number of rotatable bonds is 13. The zero-order valence-corrected chi connectivity index (χ0v) is 50.5. The van der Waals surface area contributed by atoms with Gasteiger partial charge in [0.05, 0.1) is 63.4 Å². The summed E-state index contributed by atoms with van der Waals surface area (Å²) in [5, 5.41) is 53.7. The molecule has 1 unspecified atom stereocenters. The molecule has 0 bridgehead atoms. The van der Waals surface area contributed by atoms with Gasteiger partial charge in [-0.2, -0.15) is 0 Å². The summed E-state index contributed by atoms with van der Waals surface area (Å²) in [7, 11) is 0. The molecule has 5 rings (SSSR count). The minimum Gasteiger partial charge on any atom is -1.00 e. The first-order chi connectivity index (χ1) is 37.2. The number of nitrogens with zero attached hydrogens (tertiary/aromatic N) is 4. The third-order valence-corrected chi connectivity index (χ3v) is 11.6. The summed E-state index contributed by atoms with van der Waals surface area (Å²) in [6.45, 7) is 20.8. The maximum atomic E-state index is 12.1. The normalized spacial score (nSPS) is 21.5. The summed E-state index contributed by atoms with van der Waals surface area (Å²) in [5.41, 5.74) is 3.20. The van der Waals surface area contributed by atoms with Gasteiger partial charge >= 0.3 is 49.1 Å². The van der Waals surface area contributed by atoms with Crippen LogP contribution in [-0.2, 0) is 62.0 Å². The Morgan fingerprint density at radius 3 is 1.28 bits per heavy atom. The fraction of sp³-hybridized carbons (Fsp3) is 0.804. The van der Waals surface area contributed by atoms with Gasteiger partial charge in [0.25, 0.3) is 0 Å². The van der Waals surface area contributed by atoms with Crippen LogP contribution in [0.1, 0.15) is 116 Å². The first-order valence-electron chi connectivity index (χ1n) is 26.7. The van der Waals surface area contributed by atoms with Crippen LogP contribution in [0.25, 0.3) is 0 Å². The molecule has 0 aromatic carbocycles. The van der Waals surface area contributed by atoms with Crippen LogP contribution in [0.4, 0.5) is 14.4 Å². The van der Waals surface area contributed by atoms with E-state index in [1.54, 1.807) is 76.2 Å². The molecule has 5 heterocycles. The predicted octanol–water partition coefficient (Wildman–Crippen LogP) is -5.20. The molecule has 5 fully saturated rings. The Morgan fingerprint density at radius 2 is 0.928 bits per heavy atom. The van der Waals surface area contributed by atoms with Gasteiger partial charge in [0.15, 0.2) is 35.2 Å². The summed E-state index contributed by atoms with van der Waals surface area (Å²) >= 11 is 0. The molecule has 5 aliphatic heterocycles. The fourth-order valence-corrected chi connectivity index (χ4v) is 8.04. The molecule has 0 saturated carbocycles. The third-order valence-electron chi connectivity index (χ3n) is 11.6. The maximum Gasteiger partial charge on any atom is 1.00 e. The molecule has 5 saturated heterocycles. The number of ether oxygens (including phenoxy) is 6. The van der Waals surface area contributed by atoms with Crippen molar-refractivity contribution in [2.45, 2.75) is 174 Å². The van der Waals surface area contributed by atoms with Crippen LogP contribution >= 0.6 is 12.4 Å². The second kappa shape index (κ2) is 40.7. The standard InChI is InChI=1S/C14H24N2O6.C14H22N2O6.C12H22N2O5.C7H14N2O3.C4H8O.Al.ClH.Li.4H/c2*1-5-21-12(19)11-9(17)6-7-16(11)10(18)8-15-13(20)22-14(2,3)4;1-12(2,3)19-11(18)13-6-10(17)14-5-4-9(16)8(14)7-15;8-3-7(12)9-2-1-6(11)5(9)4-10;1-2-4-5-3-1;;;;;;;/h9,11,17H,5-8H2,1-4H3,(H,15,20);11H,5-8H2,1-4H3,(H,15,20);8-9,15-16H,4-7H2,1-3H3,(H,13,18);5-6,10-11H,1-4,8H2;1-4H2;;1H;;;;;/q;;;;;;;+1;;;;-1/t9-,11+;;8-,9-;5-,6-;;;;;;;;/m0.00......../s1. The van der Waals surface area contributed by atoms with Crippen LogP contribution in [0.5, 0.6) is 0 Å². The Hall–Kier alpha value is -4.56. The van der Waals surface area contributed by atoms with E-state index < -0.39 is 101 Å². The molecule has 5 aliphatic rings. The Kier molecular flexibility index (Phi) is 40.5. The van der Waals surface area contributed by atoms with Gasteiger partial charge in [-0.05, 0) is 108 Å². The molecular formula is C51H95AlClLiN8O21. The maximum absolute atomic E-state index is 12.1. The number of aliphatic hydroxyl groups is 5. The number of hydrogen-bond donors (Lipinski definition) is 9. The number of alkyl carbamates (subject to hydrolysis) is 3. The van der Waals surface area contributed by atoms with Crippen LogP contribution < -0.4 is 40.5 Å². The van der Waals surface area contributed by atoms with Gasteiger partial charge in [-0.3, -0.25) is 24.0 Å². The first-order valence-corrected chi connectivity index (χ1v) is 26.7. The van der Waals surface area contributed by atoms with Crippen LogP contribution in [0, 0.1) is 0 Å². The number of nitrogens with two attached hydrogens (primary N) is 1. The van der Waals surface area contributed by atoms with Crippen molar-refractivity contribution >= 4 is 89.4 Å². The van der Waals surface area contributed by atoms with Gasteiger partial charge in [0, 0.05) is 45.8 Å². The fourth-order valence-electron chi connectivity index (χ4n) is 8.04. The van der Waals surface area contributed by atoms with Crippen molar-refractivity contribution < 1.29 is 122 Å². The number of halogens is 1. The van der Waals surface area contributed by atoms with E-state index in [2.05, 4.69) is 16.0 Å². The number of ketones is 1. The largest absolute Gasteiger partial charge is 1.00 e. The zero-order valence-electron chi connectivity index (χ0n) is 50.7. The summed E-state index contributed by atoms with van der Waals surface area (Å²) in [5.74, 6) is -3.31. The van der Waals surface area contributed by atoms with Crippen LogP contribution in [0.2, 0.25) is 0 Å². The van der Waals surface area contributed by atoms with Crippen molar-refractivity contribution in [1.29, 1.82) is 0 Å². The van der Waals surface area contributed by atoms with E-state index in [1.165, 1.54) is 27.5 Å². The quantitative estimate of drug-likeness (QED) is 0.0360. The van der Waals surface area contributed by atoms with Gasteiger partial charge in [-0.25, -0.2) is 24.0 Å². The summed E-state index contributed by atoms with van der Waals surface area (Å²) in [6, 6.07) is -3.28. The average molecular weight is 1230 g/mol. The Labute approximate surface area is 516 Å². The number of nitrogens with one attached hydrogen (secondary N) is 3.